The van der Waals surface area contributed by atoms with Gasteiger partial charge in [-0.3, -0.25) is 0 Å². The molecule has 0 saturated carbocycles. The maximum Gasteiger partial charge on any atom is 0.164 e. The molecule has 0 aliphatic carbocycles. The summed E-state index contributed by atoms with van der Waals surface area (Å²) in [6.07, 6.45) is 0. The van der Waals surface area contributed by atoms with Crippen molar-refractivity contribution in [2.24, 2.45) is 0 Å². The number of nitrogens with zero attached hydrogens (tertiary/aromatic N) is 2. The van der Waals surface area contributed by atoms with Gasteiger partial charge < -0.3 is 5.32 Å². The van der Waals surface area contributed by atoms with E-state index in [4.69, 9.17) is 11.6 Å². The van der Waals surface area contributed by atoms with Gasteiger partial charge in [0.05, 0.1) is 20.8 Å². The fraction of sp³-hybridized carbons (Fsp3) is 0.231. The Morgan fingerprint density at radius 2 is 2.11 bits per heavy atom. The molecule has 0 spiro atoms. The summed E-state index contributed by atoms with van der Waals surface area (Å²) in [5, 5.41) is 3.17. The number of aromatic nitrogens is 2. The summed E-state index contributed by atoms with van der Waals surface area (Å²) in [6, 6.07) is 4.78. The van der Waals surface area contributed by atoms with Crippen molar-refractivity contribution in [1.29, 1.82) is 0 Å². The summed E-state index contributed by atoms with van der Waals surface area (Å²) in [5.74, 6) is 0.453. The first-order valence-corrected chi connectivity index (χ1v) is 6.94. The molecule has 0 aliphatic rings. The van der Waals surface area contributed by atoms with Crippen LogP contribution in [0.3, 0.4) is 0 Å². The van der Waals surface area contributed by atoms with Gasteiger partial charge in [-0.05, 0) is 41.9 Å². The molecule has 0 amide bonds. The summed E-state index contributed by atoms with van der Waals surface area (Å²) in [7, 11) is 0. The molecule has 19 heavy (non-hydrogen) atoms. The Labute approximate surface area is 124 Å². The van der Waals surface area contributed by atoms with E-state index in [1.807, 2.05) is 13.8 Å². The Morgan fingerprint density at radius 1 is 1.37 bits per heavy atom. The fourth-order valence-electron chi connectivity index (χ4n) is 1.64. The molecule has 0 atom stereocenters. The highest BCUT2D eigenvalue weighted by Crippen LogP contribution is 2.29. The summed E-state index contributed by atoms with van der Waals surface area (Å²) in [5.41, 5.74) is 1.03. The molecule has 0 bridgehead atoms. The van der Waals surface area contributed by atoms with Gasteiger partial charge >= 0.3 is 0 Å². The molecule has 2 aromatic rings. The van der Waals surface area contributed by atoms with Crippen molar-refractivity contribution in [3.63, 3.8) is 0 Å². The number of rotatable bonds is 3. The van der Waals surface area contributed by atoms with Crippen molar-refractivity contribution in [1.82, 2.24) is 9.97 Å². The van der Waals surface area contributed by atoms with E-state index in [2.05, 4.69) is 31.2 Å². The van der Waals surface area contributed by atoms with Gasteiger partial charge in [0, 0.05) is 6.54 Å². The van der Waals surface area contributed by atoms with Crippen molar-refractivity contribution < 1.29 is 4.39 Å². The van der Waals surface area contributed by atoms with E-state index in [1.54, 1.807) is 12.1 Å². The first-order chi connectivity index (χ1) is 9.04. The number of hydrogen-bond donors (Lipinski definition) is 1. The van der Waals surface area contributed by atoms with Crippen molar-refractivity contribution in [2.45, 2.75) is 13.8 Å². The second kappa shape index (κ2) is 5.84. The molecule has 0 saturated heterocycles. The largest absolute Gasteiger partial charge is 0.369 e. The Hall–Kier alpha value is -1.20. The Balaban J connectivity index is 2.59. The van der Waals surface area contributed by atoms with Gasteiger partial charge in [0.15, 0.2) is 11.6 Å². The summed E-state index contributed by atoms with van der Waals surface area (Å²) in [6.45, 7) is 4.51. The maximum absolute atomic E-state index is 14.0. The van der Waals surface area contributed by atoms with Crippen LogP contribution < -0.4 is 5.32 Å². The normalized spacial score (nSPS) is 10.6. The lowest BCUT2D eigenvalue weighted by molar-refractivity contribution is 0.630. The number of aryl methyl sites for hydroxylation is 1. The summed E-state index contributed by atoms with van der Waals surface area (Å²) >= 11 is 9.19. The maximum atomic E-state index is 14.0. The van der Waals surface area contributed by atoms with E-state index < -0.39 is 5.82 Å². The number of nitrogens with one attached hydrogen (secondary N) is 1. The zero-order valence-electron chi connectivity index (χ0n) is 10.5. The van der Waals surface area contributed by atoms with Crippen LogP contribution in [0.5, 0.6) is 0 Å². The van der Waals surface area contributed by atoms with Gasteiger partial charge in [-0.25, -0.2) is 14.4 Å². The lowest BCUT2D eigenvalue weighted by Gasteiger charge is -2.10. The highest BCUT2D eigenvalue weighted by molar-refractivity contribution is 9.10. The highest BCUT2D eigenvalue weighted by atomic mass is 79.9. The van der Waals surface area contributed by atoms with Gasteiger partial charge in [-0.1, -0.05) is 17.7 Å². The third kappa shape index (κ3) is 2.87. The van der Waals surface area contributed by atoms with Crippen LogP contribution >= 0.6 is 27.5 Å². The standard InChI is InChI=1S/C13H12BrClFN3/c1-3-17-13-10(14)7(2)18-12(19-13)8-5-4-6-9(15)11(8)16/h4-6H,3H2,1-2H3,(H,17,18,19). The Morgan fingerprint density at radius 3 is 2.79 bits per heavy atom. The number of halogens is 3. The predicted molar refractivity (Wildman–Crippen MR) is 79.0 cm³/mol. The molecule has 100 valence electrons. The monoisotopic (exact) mass is 343 g/mol. The summed E-state index contributed by atoms with van der Waals surface area (Å²) in [4.78, 5) is 8.62. The molecule has 3 nitrogen and oxygen atoms in total. The van der Waals surface area contributed by atoms with Crippen LogP contribution in [0.15, 0.2) is 22.7 Å². The van der Waals surface area contributed by atoms with E-state index in [9.17, 15) is 4.39 Å². The molecule has 2 rings (SSSR count). The lowest BCUT2D eigenvalue weighted by Crippen LogP contribution is -2.05. The third-order valence-electron chi connectivity index (χ3n) is 2.55. The van der Waals surface area contributed by atoms with Crippen molar-refractivity contribution in [2.75, 3.05) is 11.9 Å². The zero-order chi connectivity index (χ0) is 14.0. The number of hydrogen-bond acceptors (Lipinski definition) is 3. The quantitative estimate of drug-likeness (QED) is 0.894. The van der Waals surface area contributed by atoms with E-state index >= 15 is 0 Å². The summed E-state index contributed by atoms with van der Waals surface area (Å²) < 4.78 is 14.8. The van der Waals surface area contributed by atoms with Gasteiger partial charge in [0.2, 0.25) is 0 Å². The molecular weight excluding hydrogens is 333 g/mol. The molecule has 1 N–H and O–H groups in total. The second-order valence-electron chi connectivity index (χ2n) is 3.93. The molecule has 1 aromatic heterocycles. The van der Waals surface area contributed by atoms with Crippen LogP contribution in [-0.4, -0.2) is 16.5 Å². The van der Waals surface area contributed by atoms with Crippen LogP contribution in [0.2, 0.25) is 5.02 Å². The van der Waals surface area contributed by atoms with Crippen molar-refractivity contribution in [3.05, 3.63) is 39.2 Å². The van der Waals surface area contributed by atoms with E-state index in [-0.39, 0.29) is 5.02 Å². The topological polar surface area (TPSA) is 37.8 Å². The van der Waals surface area contributed by atoms with Gasteiger partial charge in [-0.2, -0.15) is 0 Å². The average molecular weight is 345 g/mol. The van der Waals surface area contributed by atoms with Gasteiger partial charge in [0.25, 0.3) is 0 Å². The first-order valence-electron chi connectivity index (χ1n) is 5.77. The number of benzene rings is 1. The minimum atomic E-state index is -0.506. The lowest BCUT2D eigenvalue weighted by atomic mass is 10.2. The van der Waals surface area contributed by atoms with Crippen LogP contribution in [0, 0.1) is 12.7 Å². The zero-order valence-corrected chi connectivity index (χ0v) is 12.8. The smallest absolute Gasteiger partial charge is 0.164 e. The molecule has 6 heteroatoms. The van der Waals surface area contributed by atoms with Crippen LogP contribution in [0.1, 0.15) is 12.6 Å². The Bertz CT molecular complexity index is 619. The van der Waals surface area contributed by atoms with Crippen LogP contribution in [0.25, 0.3) is 11.4 Å². The number of anilines is 1. The minimum Gasteiger partial charge on any atom is -0.369 e. The Kier molecular flexibility index (Phi) is 4.37. The van der Waals surface area contributed by atoms with Crippen molar-refractivity contribution in [3.8, 4) is 11.4 Å². The highest BCUT2D eigenvalue weighted by Gasteiger charge is 2.15. The van der Waals surface area contributed by atoms with Gasteiger partial charge in [0.1, 0.15) is 5.82 Å². The average Bonchev–Trinajstić information content (AvgIpc) is 2.38. The van der Waals surface area contributed by atoms with E-state index in [0.29, 0.717) is 23.8 Å². The molecule has 1 aromatic carbocycles. The van der Waals surface area contributed by atoms with Crippen molar-refractivity contribution >= 4 is 33.3 Å². The van der Waals surface area contributed by atoms with Crippen LogP contribution in [0.4, 0.5) is 10.2 Å². The first kappa shape index (κ1) is 14.2. The predicted octanol–water partition coefficient (Wildman–Crippen LogP) is 4.44. The minimum absolute atomic E-state index is 0.0617. The second-order valence-corrected chi connectivity index (χ2v) is 5.13. The van der Waals surface area contributed by atoms with Gasteiger partial charge in [-0.15, -0.1) is 0 Å². The molecular formula is C13H12BrClFN3. The molecule has 0 fully saturated rings. The third-order valence-corrected chi connectivity index (χ3v) is 3.79. The molecule has 1 heterocycles. The molecule has 0 radical (unpaired) electrons. The molecule has 0 aliphatic heterocycles. The van der Waals surface area contributed by atoms with Crippen LogP contribution in [-0.2, 0) is 0 Å². The molecule has 0 unspecified atom stereocenters. The van der Waals surface area contributed by atoms with E-state index in [1.165, 1.54) is 6.07 Å². The fourth-order valence-corrected chi connectivity index (χ4v) is 2.13. The SMILES string of the molecule is CCNc1nc(-c2cccc(Cl)c2F)nc(C)c1Br. The van der Waals surface area contributed by atoms with E-state index in [0.717, 1.165) is 10.2 Å².